The van der Waals surface area contributed by atoms with Crippen molar-refractivity contribution < 1.29 is 0 Å². The zero-order chi connectivity index (χ0) is 4.41. The lowest BCUT2D eigenvalue weighted by Crippen LogP contribution is -1.45. The highest BCUT2D eigenvalue weighted by Crippen LogP contribution is 2.17. The Balaban J connectivity index is 2.34. The number of hydrogen-bond donors (Lipinski definition) is 0. The van der Waals surface area contributed by atoms with Gasteiger partial charge in [-0.1, -0.05) is 12.2 Å². The van der Waals surface area contributed by atoms with Gasteiger partial charge < -0.3 is 0 Å². The maximum Gasteiger partial charge on any atom is -0.00883 e. The molecule has 0 heteroatoms. The van der Waals surface area contributed by atoms with Crippen molar-refractivity contribution in [2.24, 2.45) is 0 Å². The molecule has 0 fully saturated rings. The van der Waals surface area contributed by atoms with Gasteiger partial charge in [0.25, 0.3) is 0 Å². The molecule has 0 unspecified atom stereocenters. The van der Waals surface area contributed by atoms with Crippen molar-refractivity contribution in [3.05, 3.63) is 23.8 Å². The molecule has 0 aromatic carbocycles. The molecule has 0 N–H and O–H groups in total. The highest BCUT2D eigenvalue weighted by Gasteiger charge is 1.99. The maximum absolute atomic E-state index is 3.06. The molecule has 0 saturated carbocycles. The molecule has 0 aromatic heterocycles. The third-order valence-corrected chi connectivity index (χ3v) is 0.738. The fourth-order valence-electron chi connectivity index (χ4n) is 0.354. The molecule has 31 valence electrons. The lowest BCUT2D eigenvalue weighted by atomic mass is 10.4. The van der Waals surface area contributed by atoms with Crippen LogP contribution in [0.3, 0.4) is 0 Å². The van der Waals surface area contributed by atoms with E-state index in [4.69, 9.17) is 0 Å². The summed E-state index contributed by atoms with van der Waals surface area (Å²) in [6.45, 7) is 1.99. The van der Waals surface area contributed by atoms with E-state index in [9.17, 15) is 0 Å². The molecule has 1 radical (unpaired) electrons. The van der Waals surface area contributed by atoms with Gasteiger partial charge in [-0.3, -0.25) is 0 Å². The first-order chi connectivity index (χ1) is 2.93. The molecule has 1 aliphatic carbocycles. The van der Waals surface area contributed by atoms with Crippen LogP contribution in [0.2, 0.25) is 0 Å². The van der Waals surface area contributed by atoms with Crippen molar-refractivity contribution in [1.29, 1.82) is 0 Å². The van der Waals surface area contributed by atoms with Gasteiger partial charge in [0.15, 0.2) is 0 Å². The third-order valence-electron chi connectivity index (χ3n) is 0.738. The monoisotopic (exact) mass is 79.1 g/mol. The molecule has 0 nitrogen and oxygen atoms in total. The summed E-state index contributed by atoms with van der Waals surface area (Å²) in [5.74, 6) is 0. The summed E-state index contributed by atoms with van der Waals surface area (Å²) < 4.78 is 0. The second-order valence-electron chi connectivity index (χ2n) is 1.37. The topological polar surface area (TPSA) is 0 Å². The van der Waals surface area contributed by atoms with Crippen molar-refractivity contribution in [3.8, 4) is 0 Å². The fourth-order valence-corrected chi connectivity index (χ4v) is 0.354. The summed E-state index contributed by atoms with van der Waals surface area (Å²) in [5, 5.41) is 0. The largest absolute Gasteiger partial charge is 0.0795 e. The van der Waals surface area contributed by atoms with Gasteiger partial charge in [0.1, 0.15) is 0 Å². The van der Waals surface area contributed by atoms with E-state index in [-0.39, 0.29) is 0 Å². The van der Waals surface area contributed by atoms with Gasteiger partial charge in [0.2, 0.25) is 0 Å². The smallest absolute Gasteiger partial charge is 0.00883 e. The minimum atomic E-state index is 1.17. The van der Waals surface area contributed by atoms with Crippen LogP contribution in [-0.4, -0.2) is 0 Å². The van der Waals surface area contributed by atoms with E-state index in [1.807, 2.05) is 13.0 Å². The Morgan fingerprint density at radius 2 is 2.67 bits per heavy atom. The first-order valence-electron chi connectivity index (χ1n) is 2.17. The Labute approximate surface area is 38.2 Å². The number of rotatable bonds is 1. The van der Waals surface area contributed by atoms with Crippen LogP contribution < -0.4 is 0 Å². The van der Waals surface area contributed by atoms with E-state index in [2.05, 4.69) is 12.2 Å². The molecule has 0 aromatic rings. The second-order valence-corrected chi connectivity index (χ2v) is 1.37. The first kappa shape index (κ1) is 3.66. The molecule has 0 atom stereocenters. The number of hydrogen-bond acceptors (Lipinski definition) is 0. The Kier molecular flexibility index (Phi) is 0.789. The van der Waals surface area contributed by atoms with Gasteiger partial charge in [-0.05, 0) is 25.0 Å². The molecular weight excluding hydrogens is 72.1 g/mol. The first-order valence-corrected chi connectivity index (χ1v) is 2.17. The highest BCUT2D eigenvalue weighted by molar-refractivity contribution is 5.28. The zero-order valence-corrected chi connectivity index (χ0v) is 3.86. The minimum absolute atomic E-state index is 1.17. The van der Waals surface area contributed by atoms with Gasteiger partial charge in [0.05, 0.1) is 0 Å². The van der Waals surface area contributed by atoms with E-state index in [0.29, 0.717) is 0 Å². The molecule has 0 spiro atoms. The van der Waals surface area contributed by atoms with Gasteiger partial charge >= 0.3 is 0 Å². The van der Waals surface area contributed by atoms with E-state index in [1.54, 1.807) is 0 Å². The molecule has 0 heterocycles. The van der Waals surface area contributed by atoms with Crippen molar-refractivity contribution >= 4 is 0 Å². The molecule has 1 rings (SSSR count). The van der Waals surface area contributed by atoms with Gasteiger partial charge in [-0.15, -0.1) is 0 Å². The Hall–Kier alpha value is -0.520. The van der Waals surface area contributed by atoms with Crippen molar-refractivity contribution in [3.63, 3.8) is 0 Å². The standard InChI is InChI=1S/C6H7/c1-2-3-6-4-5-6/h2,4H,5H2,1H3. The van der Waals surface area contributed by atoms with Crippen LogP contribution in [0.1, 0.15) is 13.3 Å². The third kappa shape index (κ3) is 0.713. The molecule has 0 bridgehead atoms. The van der Waals surface area contributed by atoms with Gasteiger partial charge in [0, 0.05) is 0 Å². The lowest BCUT2D eigenvalue weighted by Gasteiger charge is -1.62. The Bertz CT molecular complexity index is 96.6. The van der Waals surface area contributed by atoms with E-state index >= 15 is 0 Å². The van der Waals surface area contributed by atoms with Crippen LogP contribution in [0.4, 0.5) is 0 Å². The Morgan fingerprint density at radius 3 is 2.83 bits per heavy atom. The van der Waals surface area contributed by atoms with Crippen molar-refractivity contribution in [2.45, 2.75) is 13.3 Å². The quantitative estimate of drug-likeness (QED) is 0.448. The van der Waals surface area contributed by atoms with Gasteiger partial charge in [-0.25, -0.2) is 0 Å². The summed E-state index contributed by atoms with van der Waals surface area (Å²) in [7, 11) is 0. The summed E-state index contributed by atoms with van der Waals surface area (Å²) in [6, 6.07) is 0. The fraction of sp³-hybridized carbons (Fsp3) is 0.333. The molecule has 6 heavy (non-hydrogen) atoms. The Morgan fingerprint density at radius 1 is 2.00 bits per heavy atom. The maximum atomic E-state index is 3.06. The number of allylic oxidation sites excluding steroid dienone is 4. The average Bonchev–Trinajstić information content (AvgIpc) is 2.21. The van der Waals surface area contributed by atoms with Crippen LogP contribution >= 0.6 is 0 Å². The van der Waals surface area contributed by atoms with Crippen LogP contribution in [-0.2, 0) is 0 Å². The highest BCUT2D eigenvalue weighted by atomic mass is 14.0. The predicted octanol–water partition coefficient (Wildman–Crippen LogP) is 1.70. The van der Waals surface area contributed by atoms with Crippen LogP contribution in [0.15, 0.2) is 17.7 Å². The van der Waals surface area contributed by atoms with E-state index in [0.717, 1.165) is 0 Å². The average molecular weight is 79.1 g/mol. The summed E-state index contributed by atoms with van der Waals surface area (Å²) in [4.78, 5) is 0. The summed E-state index contributed by atoms with van der Waals surface area (Å²) in [6.07, 6.45) is 8.32. The van der Waals surface area contributed by atoms with E-state index in [1.165, 1.54) is 12.0 Å². The predicted molar refractivity (Wildman–Crippen MR) is 26.2 cm³/mol. The SMILES string of the molecule is C/C=[C]/C1=CC1. The minimum Gasteiger partial charge on any atom is -0.0795 e. The zero-order valence-electron chi connectivity index (χ0n) is 3.86. The lowest BCUT2D eigenvalue weighted by molar-refractivity contribution is 1.53. The van der Waals surface area contributed by atoms with Crippen molar-refractivity contribution in [2.75, 3.05) is 0 Å². The van der Waals surface area contributed by atoms with Crippen LogP contribution in [0.5, 0.6) is 0 Å². The van der Waals surface area contributed by atoms with Crippen LogP contribution in [0, 0.1) is 6.08 Å². The molecular formula is C6H7. The molecule has 0 aliphatic heterocycles. The second kappa shape index (κ2) is 1.29. The van der Waals surface area contributed by atoms with Crippen LogP contribution in [0.25, 0.3) is 0 Å². The molecule has 0 saturated heterocycles. The summed E-state index contributed by atoms with van der Waals surface area (Å²) in [5.41, 5.74) is 1.36. The molecule has 0 amide bonds. The van der Waals surface area contributed by atoms with Gasteiger partial charge in [-0.2, -0.15) is 0 Å². The van der Waals surface area contributed by atoms with Crippen molar-refractivity contribution in [1.82, 2.24) is 0 Å². The summed E-state index contributed by atoms with van der Waals surface area (Å²) >= 11 is 0. The molecule has 1 aliphatic rings. The van der Waals surface area contributed by atoms with E-state index < -0.39 is 0 Å². The normalized spacial score (nSPS) is 18.5.